The number of halogens is 1. The SMILES string of the molecule is CCN(CCBr)Cc1cn(C)nn1. The smallest absolute Gasteiger partial charge is 0.0967 e. The van der Waals surface area contributed by atoms with Crippen LogP contribution in [-0.4, -0.2) is 38.3 Å². The van der Waals surface area contributed by atoms with Crippen molar-refractivity contribution < 1.29 is 0 Å². The number of aromatic nitrogens is 3. The summed E-state index contributed by atoms with van der Waals surface area (Å²) in [4.78, 5) is 2.32. The molecule has 1 aromatic heterocycles. The molecule has 0 fully saturated rings. The summed E-state index contributed by atoms with van der Waals surface area (Å²) in [5, 5.41) is 8.94. The standard InChI is InChI=1S/C8H15BrN4/c1-3-13(5-4-9)7-8-6-12(2)11-10-8/h6H,3-5,7H2,1-2H3. The number of rotatable bonds is 5. The fourth-order valence-corrected chi connectivity index (χ4v) is 1.67. The van der Waals surface area contributed by atoms with E-state index in [0.29, 0.717) is 0 Å². The molecule has 0 unspecified atom stereocenters. The zero-order valence-electron chi connectivity index (χ0n) is 8.07. The fraction of sp³-hybridized carbons (Fsp3) is 0.750. The van der Waals surface area contributed by atoms with Gasteiger partial charge in [-0.1, -0.05) is 28.1 Å². The lowest BCUT2D eigenvalue weighted by Crippen LogP contribution is -2.24. The van der Waals surface area contributed by atoms with E-state index in [1.807, 2.05) is 13.2 Å². The highest BCUT2D eigenvalue weighted by Crippen LogP contribution is 2.00. The van der Waals surface area contributed by atoms with E-state index in [0.717, 1.165) is 30.7 Å². The van der Waals surface area contributed by atoms with Crippen LogP contribution in [0.4, 0.5) is 0 Å². The fourth-order valence-electron chi connectivity index (χ4n) is 1.17. The molecule has 0 N–H and O–H groups in total. The van der Waals surface area contributed by atoms with Gasteiger partial charge in [0, 0.05) is 31.7 Å². The highest BCUT2D eigenvalue weighted by atomic mass is 79.9. The van der Waals surface area contributed by atoms with E-state index in [1.54, 1.807) is 4.68 Å². The van der Waals surface area contributed by atoms with Gasteiger partial charge in [0.2, 0.25) is 0 Å². The molecule has 0 radical (unpaired) electrons. The number of hydrogen-bond acceptors (Lipinski definition) is 3. The van der Waals surface area contributed by atoms with Gasteiger partial charge in [0.05, 0.1) is 5.69 Å². The van der Waals surface area contributed by atoms with Crippen LogP contribution in [0.2, 0.25) is 0 Å². The van der Waals surface area contributed by atoms with Crippen molar-refractivity contribution >= 4 is 15.9 Å². The minimum atomic E-state index is 0.885. The van der Waals surface area contributed by atoms with Crippen LogP contribution in [0.3, 0.4) is 0 Å². The van der Waals surface area contributed by atoms with Crippen molar-refractivity contribution in [1.29, 1.82) is 0 Å². The van der Waals surface area contributed by atoms with Crippen molar-refractivity contribution in [3.63, 3.8) is 0 Å². The maximum atomic E-state index is 4.04. The van der Waals surface area contributed by atoms with Crippen LogP contribution in [0.5, 0.6) is 0 Å². The summed E-state index contributed by atoms with van der Waals surface area (Å²) in [6.45, 7) is 5.13. The zero-order chi connectivity index (χ0) is 9.68. The molecule has 5 heteroatoms. The van der Waals surface area contributed by atoms with Crippen molar-refractivity contribution in [2.24, 2.45) is 7.05 Å². The Morgan fingerprint density at radius 2 is 2.38 bits per heavy atom. The predicted molar refractivity (Wildman–Crippen MR) is 55.7 cm³/mol. The molecule has 0 saturated carbocycles. The molecule has 0 saturated heterocycles. The first-order valence-corrected chi connectivity index (χ1v) is 5.52. The van der Waals surface area contributed by atoms with Gasteiger partial charge in [-0.25, -0.2) is 0 Å². The van der Waals surface area contributed by atoms with Gasteiger partial charge < -0.3 is 0 Å². The molecule has 1 rings (SSSR count). The first-order chi connectivity index (χ1) is 6.26. The number of nitrogens with zero attached hydrogens (tertiary/aromatic N) is 4. The lowest BCUT2D eigenvalue weighted by molar-refractivity contribution is 0.295. The van der Waals surface area contributed by atoms with E-state index in [-0.39, 0.29) is 0 Å². The van der Waals surface area contributed by atoms with Crippen LogP contribution in [0, 0.1) is 0 Å². The Morgan fingerprint density at radius 1 is 1.62 bits per heavy atom. The molecule has 0 aliphatic carbocycles. The van der Waals surface area contributed by atoms with Crippen LogP contribution in [0.1, 0.15) is 12.6 Å². The highest BCUT2D eigenvalue weighted by Gasteiger charge is 2.04. The van der Waals surface area contributed by atoms with Crippen molar-refractivity contribution in [1.82, 2.24) is 19.9 Å². The van der Waals surface area contributed by atoms with E-state index in [9.17, 15) is 0 Å². The van der Waals surface area contributed by atoms with Crippen molar-refractivity contribution in [2.45, 2.75) is 13.5 Å². The van der Waals surface area contributed by atoms with Crippen LogP contribution in [-0.2, 0) is 13.6 Å². The second kappa shape index (κ2) is 5.34. The number of hydrogen-bond donors (Lipinski definition) is 0. The van der Waals surface area contributed by atoms with E-state index < -0.39 is 0 Å². The van der Waals surface area contributed by atoms with Gasteiger partial charge in [-0.05, 0) is 6.54 Å². The molecule has 0 aliphatic heterocycles. The van der Waals surface area contributed by atoms with E-state index in [2.05, 4.69) is 38.1 Å². The third kappa shape index (κ3) is 3.44. The molecule has 0 spiro atoms. The Kier molecular flexibility index (Phi) is 4.38. The van der Waals surface area contributed by atoms with Gasteiger partial charge in [-0.2, -0.15) is 0 Å². The predicted octanol–water partition coefficient (Wildman–Crippen LogP) is 1.03. The molecule has 1 heterocycles. The maximum absolute atomic E-state index is 4.04. The number of alkyl halides is 1. The van der Waals surface area contributed by atoms with Crippen molar-refractivity contribution in [3.05, 3.63) is 11.9 Å². The van der Waals surface area contributed by atoms with Crippen LogP contribution < -0.4 is 0 Å². The Morgan fingerprint density at radius 3 is 2.85 bits per heavy atom. The minimum Gasteiger partial charge on any atom is -0.297 e. The monoisotopic (exact) mass is 246 g/mol. The molecule has 0 amide bonds. The first-order valence-electron chi connectivity index (χ1n) is 4.39. The topological polar surface area (TPSA) is 34.0 Å². The highest BCUT2D eigenvalue weighted by molar-refractivity contribution is 9.09. The van der Waals surface area contributed by atoms with Gasteiger partial charge in [-0.15, -0.1) is 5.10 Å². The molecular formula is C8H15BrN4. The lowest BCUT2D eigenvalue weighted by Gasteiger charge is -2.16. The molecule has 0 aromatic carbocycles. The summed E-state index contributed by atoms with van der Waals surface area (Å²) in [7, 11) is 1.89. The molecule has 0 atom stereocenters. The maximum Gasteiger partial charge on any atom is 0.0967 e. The Bertz CT molecular complexity index is 248. The molecule has 4 nitrogen and oxygen atoms in total. The lowest BCUT2D eigenvalue weighted by atomic mass is 10.4. The third-order valence-electron chi connectivity index (χ3n) is 1.88. The normalized spacial score (nSPS) is 11.1. The van der Waals surface area contributed by atoms with Crippen LogP contribution in [0.15, 0.2) is 6.20 Å². The summed E-state index contributed by atoms with van der Waals surface area (Å²) in [6.07, 6.45) is 1.96. The van der Waals surface area contributed by atoms with Gasteiger partial charge in [0.25, 0.3) is 0 Å². The minimum absolute atomic E-state index is 0.885. The molecule has 13 heavy (non-hydrogen) atoms. The van der Waals surface area contributed by atoms with Gasteiger partial charge >= 0.3 is 0 Å². The molecular weight excluding hydrogens is 232 g/mol. The second-order valence-electron chi connectivity index (χ2n) is 2.94. The average Bonchev–Trinajstić information content (AvgIpc) is 2.50. The van der Waals surface area contributed by atoms with E-state index >= 15 is 0 Å². The molecule has 1 aromatic rings. The molecule has 74 valence electrons. The summed E-state index contributed by atoms with van der Waals surface area (Å²) >= 11 is 3.43. The Balaban J connectivity index is 2.46. The van der Waals surface area contributed by atoms with Crippen molar-refractivity contribution in [3.8, 4) is 0 Å². The summed E-state index contributed by atoms with van der Waals surface area (Å²) in [5.74, 6) is 0. The van der Waals surface area contributed by atoms with Gasteiger partial charge in [-0.3, -0.25) is 9.58 Å². The third-order valence-corrected chi connectivity index (χ3v) is 2.24. The summed E-state index contributed by atoms with van der Waals surface area (Å²) in [5.41, 5.74) is 1.03. The first kappa shape index (κ1) is 10.7. The van der Waals surface area contributed by atoms with Gasteiger partial charge in [0.1, 0.15) is 0 Å². The van der Waals surface area contributed by atoms with E-state index in [1.165, 1.54) is 0 Å². The Labute approximate surface area is 87.0 Å². The Hall–Kier alpha value is -0.420. The van der Waals surface area contributed by atoms with E-state index in [4.69, 9.17) is 0 Å². The second-order valence-corrected chi connectivity index (χ2v) is 3.73. The quantitative estimate of drug-likeness (QED) is 0.729. The average molecular weight is 247 g/mol. The van der Waals surface area contributed by atoms with Crippen molar-refractivity contribution in [2.75, 3.05) is 18.4 Å². The molecule has 0 bridgehead atoms. The van der Waals surface area contributed by atoms with Gasteiger partial charge in [0.15, 0.2) is 0 Å². The number of aryl methyl sites for hydroxylation is 1. The van der Waals surface area contributed by atoms with Crippen LogP contribution >= 0.6 is 15.9 Å². The van der Waals surface area contributed by atoms with Crippen LogP contribution in [0.25, 0.3) is 0 Å². The summed E-state index contributed by atoms with van der Waals surface area (Å²) in [6, 6.07) is 0. The largest absolute Gasteiger partial charge is 0.297 e. The molecule has 0 aliphatic rings. The summed E-state index contributed by atoms with van der Waals surface area (Å²) < 4.78 is 1.73. The zero-order valence-corrected chi connectivity index (χ0v) is 9.66.